The van der Waals surface area contributed by atoms with Gasteiger partial charge in [0.1, 0.15) is 0 Å². The zero-order chi connectivity index (χ0) is 10.5. The quantitative estimate of drug-likeness (QED) is 0.709. The summed E-state index contributed by atoms with van der Waals surface area (Å²) >= 11 is 0. The third-order valence-corrected chi connectivity index (χ3v) is 4.53. The fraction of sp³-hybridized carbons (Fsp3) is 0.571. The van der Waals surface area contributed by atoms with Crippen molar-refractivity contribution in [3.05, 3.63) is 29.3 Å². The van der Waals surface area contributed by atoms with E-state index in [0.29, 0.717) is 0 Å². The van der Waals surface area contributed by atoms with Gasteiger partial charge in [-0.2, -0.15) is 0 Å². The summed E-state index contributed by atoms with van der Waals surface area (Å²) in [6.07, 6.45) is 3.94. The molecule has 3 aliphatic rings. The first-order valence-electron chi connectivity index (χ1n) is 6.54. The second-order valence-corrected chi connectivity index (χ2v) is 5.32. The summed E-state index contributed by atoms with van der Waals surface area (Å²) in [5.74, 6) is 0.752. The number of hydrogen-bond acceptors (Lipinski definition) is 2. The first-order chi connectivity index (χ1) is 7.95. The SMILES string of the molecule is c1cc2c3c(c1)[C@H]1CNCC[C@H]1N3CCC2. The molecule has 4 rings (SSSR count). The van der Waals surface area contributed by atoms with Crippen molar-refractivity contribution in [3.8, 4) is 0 Å². The number of para-hydroxylation sites is 1. The van der Waals surface area contributed by atoms with Gasteiger partial charge in [-0.05, 0) is 36.9 Å². The molecule has 3 aliphatic heterocycles. The Morgan fingerprint density at radius 2 is 2.31 bits per heavy atom. The highest BCUT2D eigenvalue weighted by atomic mass is 15.2. The van der Waals surface area contributed by atoms with Crippen LogP contribution in [0.4, 0.5) is 5.69 Å². The van der Waals surface area contributed by atoms with Gasteiger partial charge in [0.25, 0.3) is 0 Å². The Labute approximate surface area is 96.6 Å². The molecule has 1 aromatic rings. The van der Waals surface area contributed by atoms with E-state index in [1.807, 2.05) is 0 Å². The molecule has 0 aliphatic carbocycles. The van der Waals surface area contributed by atoms with Crippen molar-refractivity contribution in [2.45, 2.75) is 31.2 Å². The van der Waals surface area contributed by atoms with E-state index >= 15 is 0 Å². The van der Waals surface area contributed by atoms with Crippen molar-refractivity contribution >= 4 is 5.69 Å². The molecule has 1 N–H and O–H groups in total. The molecule has 1 saturated heterocycles. The molecule has 0 unspecified atom stereocenters. The Bertz CT molecular complexity index is 427. The summed E-state index contributed by atoms with van der Waals surface area (Å²) in [7, 11) is 0. The van der Waals surface area contributed by atoms with Crippen LogP contribution in [0.3, 0.4) is 0 Å². The van der Waals surface area contributed by atoms with Crippen molar-refractivity contribution < 1.29 is 0 Å². The third-order valence-electron chi connectivity index (χ3n) is 4.53. The van der Waals surface area contributed by atoms with Crippen LogP contribution in [0, 0.1) is 0 Å². The number of fused-ring (bicyclic) bond motifs is 3. The van der Waals surface area contributed by atoms with Gasteiger partial charge in [-0.15, -0.1) is 0 Å². The van der Waals surface area contributed by atoms with Gasteiger partial charge in [-0.3, -0.25) is 0 Å². The first kappa shape index (κ1) is 9.06. The number of benzene rings is 1. The summed E-state index contributed by atoms with van der Waals surface area (Å²) < 4.78 is 0. The largest absolute Gasteiger partial charge is 0.367 e. The molecule has 0 amide bonds. The highest BCUT2D eigenvalue weighted by molar-refractivity contribution is 5.68. The number of piperidine rings is 1. The molecule has 1 aromatic carbocycles. The molecule has 0 saturated carbocycles. The zero-order valence-electron chi connectivity index (χ0n) is 9.58. The highest BCUT2D eigenvalue weighted by Gasteiger charge is 2.41. The monoisotopic (exact) mass is 214 g/mol. The van der Waals surface area contributed by atoms with Crippen LogP contribution < -0.4 is 10.2 Å². The molecule has 2 nitrogen and oxygen atoms in total. The predicted molar refractivity (Wildman–Crippen MR) is 66.1 cm³/mol. The van der Waals surface area contributed by atoms with Gasteiger partial charge >= 0.3 is 0 Å². The fourth-order valence-corrected chi connectivity index (χ4v) is 3.88. The van der Waals surface area contributed by atoms with Crippen LogP contribution in [0.25, 0.3) is 0 Å². The predicted octanol–water partition coefficient (Wildman–Crippen LogP) is 1.90. The summed E-state index contributed by atoms with van der Waals surface area (Å²) in [6.45, 7) is 3.66. The van der Waals surface area contributed by atoms with E-state index in [2.05, 4.69) is 28.4 Å². The molecule has 3 heterocycles. The number of anilines is 1. The lowest BCUT2D eigenvalue weighted by Crippen LogP contribution is -2.45. The zero-order valence-corrected chi connectivity index (χ0v) is 9.58. The van der Waals surface area contributed by atoms with Crippen LogP contribution >= 0.6 is 0 Å². The molecule has 16 heavy (non-hydrogen) atoms. The van der Waals surface area contributed by atoms with Gasteiger partial charge in [0.05, 0.1) is 0 Å². The van der Waals surface area contributed by atoms with Gasteiger partial charge in [-0.25, -0.2) is 0 Å². The standard InChI is InChI=1S/C14H18N2/c1-3-10-4-2-8-16-13-6-7-15-9-12(13)11(5-1)14(10)16/h1,3,5,12-13,15H,2,4,6-9H2/t12-,13-/m1/s1. The van der Waals surface area contributed by atoms with Gasteiger partial charge in [0.15, 0.2) is 0 Å². The Morgan fingerprint density at radius 3 is 3.31 bits per heavy atom. The van der Waals surface area contributed by atoms with Crippen molar-refractivity contribution in [1.82, 2.24) is 5.32 Å². The molecule has 0 bridgehead atoms. The Balaban J connectivity index is 1.89. The Morgan fingerprint density at radius 1 is 1.31 bits per heavy atom. The van der Waals surface area contributed by atoms with E-state index in [0.717, 1.165) is 12.0 Å². The lowest BCUT2D eigenvalue weighted by Gasteiger charge is -2.36. The summed E-state index contributed by atoms with van der Waals surface area (Å²) in [5, 5.41) is 3.55. The molecule has 2 heteroatoms. The Hall–Kier alpha value is -1.02. The van der Waals surface area contributed by atoms with Crippen molar-refractivity contribution in [3.63, 3.8) is 0 Å². The number of rotatable bonds is 0. The molecule has 0 aromatic heterocycles. The number of nitrogens with one attached hydrogen (secondary N) is 1. The molecule has 0 radical (unpaired) electrons. The number of hydrogen-bond donors (Lipinski definition) is 1. The molecular weight excluding hydrogens is 196 g/mol. The Kier molecular flexibility index (Phi) is 1.83. The van der Waals surface area contributed by atoms with Crippen LogP contribution in [-0.4, -0.2) is 25.7 Å². The molecule has 84 valence electrons. The summed E-state index contributed by atoms with van der Waals surface area (Å²) in [4.78, 5) is 2.71. The van der Waals surface area contributed by atoms with Crippen molar-refractivity contribution in [1.29, 1.82) is 0 Å². The maximum Gasteiger partial charge on any atom is 0.0438 e. The normalized spacial score (nSPS) is 31.1. The van der Waals surface area contributed by atoms with Gasteiger partial charge in [0, 0.05) is 30.7 Å². The van der Waals surface area contributed by atoms with E-state index in [4.69, 9.17) is 0 Å². The molecular formula is C14H18N2. The van der Waals surface area contributed by atoms with Crippen LogP contribution in [0.5, 0.6) is 0 Å². The minimum atomic E-state index is 0.752. The number of nitrogens with zero attached hydrogens (tertiary/aromatic N) is 1. The minimum absolute atomic E-state index is 0.752. The van der Waals surface area contributed by atoms with Crippen LogP contribution in [0.15, 0.2) is 18.2 Å². The fourth-order valence-electron chi connectivity index (χ4n) is 3.88. The van der Waals surface area contributed by atoms with Gasteiger partial charge in [0.2, 0.25) is 0 Å². The van der Waals surface area contributed by atoms with E-state index in [9.17, 15) is 0 Å². The van der Waals surface area contributed by atoms with Crippen molar-refractivity contribution in [2.75, 3.05) is 24.5 Å². The van der Waals surface area contributed by atoms with Gasteiger partial charge < -0.3 is 10.2 Å². The van der Waals surface area contributed by atoms with E-state index in [1.54, 1.807) is 16.8 Å². The van der Waals surface area contributed by atoms with Crippen LogP contribution in [0.2, 0.25) is 0 Å². The summed E-state index contributed by atoms with van der Waals surface area (Å²) in [5.41, 5.74) is 4.82. The highest BCUT2D eigenvalue weighted by Crippen LogP contribution is 2.46. The van der Waals surface area contributed by atoms with Crippen LogP contribution in [-0.2, 0) is 6.42 Å². The molecule has 2 atom stereocenters. The molecule has 1 fully saturated rings. The van der Waals surface area contributed by atoms with Crippen LogP contribution in [0.1, 0.15) is 29.9 Å². The summed E-state index contributed by atoms with van der Waals surface area (Å²) in [6, 6.07) is 7.73. The van der Waals surface area contributed by atoms with E-state index < -0.39 is 0 Å². The van der Waals surface area contributed by atoms with Gasteiger partial charge in [-0.1, -0.05) is 18.2 Å². The maximum absolute atomic E-state index is 3.55. The average Bonchev–Trinajstić information content (AvgIpc) is 2.68. The second-order valence-electron chi connectivity index (χ2n) is 5.32. The molecule has 0 spiro atoms. The van der Waals surface area contributed by atoms with E-state index in [-0.39, 0.29) is 0 Å². The third kappa shape index (κ3) is 1.06. The topological polar surface area (TPSA) is 15.3 Å². The van der Waals surface area contributed by atoms with E-state index in [1.165, 1.54) is 38.9 Å². The first-order valence-corrected chi connectivity index (χ1v) is 6.54. The number of aryl methyl sites for hydroxylation is 1. The smallest absolute Gasteiger partial charge is 0.0438 e. The minimum Gasteiger partial charge on any atom is -0.367 e. The maximum atomic E-state index is 3.55. The second kappa shape index (κ2) is 3.24. The lowest BCUT2D eigenvalue weighted by atomic mass is 9.90. The van der Waals surface area contributed by atoms with Crippen molar-refractivity contribution in [2.24, 2.45) is 0 Å². The lowest BCUT2D eigenvalue weighted by molar-refractivity contribution is 0.400. The average molecular weight is 214 g/mol.